The lowest BCUT2D eigenvalue weighted by molar-refractivity contribution is -0.137. The van der Waals surface area contributed by atoms with Gasteiger partial charge in [-0.05, 0) is 48.4 Å². The average molecular weight is 306 g/mol. The molecule has 1 N–H and O–H groups in total. The molecule has 2 aromatic carbocycles. The lowest BCUT2D eigenvalue weighted by atomic mass is 10.1. The van der Waals surface area contributed by atoms with Crippen molar-refractivity contribution in [1.29, 1.82) is 0 Å². The van der Waals surface area contributed by atoms with Crippen LogP contribution >= 0.6 is 0 Å². The number of aromatic hydroxyl groups is 1. The van der Waals surface area contributed by atoms with E-state index in [1.54, 1.807) is 25.1 Å². The topological polar surface area (TPSA) is 37.3 Å². The molecule has 2 aromatic rings. The second kappa shape index (κ2) is 6.05. The number of phenolic OH excluding ortho intramolecular Hbond substituents is 1. The number of hydrogen-bond acceptors (Lipinski definition) is 2. The number of ketones is 1. The smallest absolute Gasteiger partial charge is 0.416 e. The highest BCUT2D eigenvalue weighted by molar-refractivity contribution is 6.06. The molecule has 22 heavy (non-hydrogen) atoms. The van der Waals surface area contributed by atoms with Crippen LogP contribution in [0.1, 0.15) is 27.0 Å². The summed E-state index contributed by atoms with van der Waals surface area (Å²) in [5, 5.41) is 9.41. The summed E-state index contributed by atoms with van der Waals surface area (Å²) in [5.41, 5.74) is 0.779. The molecule has 0 atom stereocenters. The number of hydrogen-bond donors (Lipinski definition) is 1. The van der Waals surface area contributed by atoms with Crippen LogP contribution in [0.4, 0.5) is 13.2 Å². The Morgan fingerprint density at radius 2 is 1.73 bits per heavy atom. The molecule has 0 aromatic heterocycles. The van der Waals surface area contributed by atoms with Crippen molar-refractivity contribution in [2.45, 2.75) is 13.1 Å². The fraction of sp³-hybridized carbons (Fsp3) is 0.118. The Morgan fingerprint density at radius 1 is 1.09 bits per heavy atom. The number of alkyl halides is 3. The Hall–Kier alpha value is -2.56. The van der Waals surface area contributed by atoms with Gasteiger partial charge >= 0.3 is 6.18 Å². The van der Waals surface area contributed by atoms with E-state index >= 15 is 0 Å². The Balaban J connectivity index is 2.14. The van der Waals surface area contributed by atoms with E-state index in [1.807, 2.05) is 0 Å². The fourth-order valence-electron chi connectivity index (χ4n) is 1.87. The molecular weight excluding hydrogens is 293 g/mol. The van der Waals surface area contributed by atoms with E-state index in [1.165, 1.54) is 12.1 Å². The highest BCUT2D eigenvalue weighted by atomic mass is 19.4. The first-order valence-electron chi connectivity index (χ1n) is 6.46. The third-order valence-corrected chi connectivity index (χ3v) is 3.14. The summed E-state index contributed by atoms with van der Waals surface area (Å²) in [6, 6.07) is 8.91. The summed E-state index contributed by atoms with van der Waals surface area (Å²) in [6.07, 6.45) is -1.58. The number of halogens is 3. The maximum absolute atomic E-state index is 12.4. The number of carbonyl (C=O) groups is 1. The molecule has 2 rings (SSSR count). The number of benzene rings is 2. The van der Waals surface area contributed by atoms with Crippen molar-refractivity contribution in [3.8, 4) is 5.75 Å². The summed E-state index contributed by atoms with van der Waals surface area (Å²) in [7, 11) is 0. The van der Waals surface area contributed by atoms with Gasteiger partial charge in [0.25, 0.3) is 0 Å². The van der Waals surface area contributed by atoms with E-state index in [0.29, 0.717) is 5.56 Å². The number of rotatable bonds is 3. The molecule has 0 fully saturated rings. The van der Waals surface area contributed by atoms with Gasteiger partial charge in [-0.2, -0.15) is 13.2 Å². The van der Waals surface area contributed by atoms with Crippen LogP contribution in [0.25, 0.3) is 6.08 Å². The van der Waals surface area contributed by atoms with E-state index in [0.717, 1.165) is 29.8 Å². The molecule has 0 aliphatic heterocycles. The maximum atomic E-state index is 12.4. The van der Waals surface area contributed by atoms with Crippen molar-refractivity contribution in [2.75, 3.05) is 0 Å². The first kappa shape index (κ1) is 15.8. The largest absolute Gasteiger partial charge is 0.508 e. The van der Waals surface area contributed by atoms with Gasteiger partial charge in [-0.1, -0.05) is 24.3 Å². The molecule has 0 aliphatic carbocycles. The molecule has 2 nitrogen and oxygen atoms in total. The second-order valence-corrected chi connectivity index (χ2v) is 4.82. The quantitative estimate of drug-likeness (QED) is 0.664. The molecule has 0 spiro atoms. The normalized spacial score (nSPS) is 11.8. The molecule has 0 saturated carbocycles. The van der Waals surface area contributed by atoms with Gasteiger partial charge in [0.1, 0.15) is 5.75 Å². The summed E-state index contributed by atoms with van der Waals surface area (Å²) in [4.78, 5) is 11.9. The van der Waals surface area contributed by atoms with E-state index < -0.39 is 11.7 Å². The van der Waals surface area contributed by atoms with Crippen LogP contribution < -0.4 is 0 Å². The van der Waals surface area contributed by atoms with Crippen molar-refractivity contribution < 1.29 is 23.1 Å². The van der Waals surface area contributed by atoms with Crippen LogP contribution in [0.3, 0.4) is 0 Å². The van der Waals surface area contributed by atoms with Gasteiger partial charge < -0.3 is 5.11 Å². The minimum atomic E-state index is -4.42. The first-order valence-corrected chi connectivity index (χ1v) is 6.46. The molecule has 0 radical (unpaired) electrons. The van der Waals surface area contributed by atoms with Crippen LogP contribution in [0.2, 0.25) is 0 Å². The minimum absolute atomic E-state index is 0.159. The zero-order valence-corrected chi connectivity index (χ0v) is 11.7. The molecule has 5 heteroatoms. The Bertz CT molecular complexity index is 714. The predicted octanol–water partition coefficient (Wildman–Crippen LogP) is 4.62. The zero-order chi connectivity index (χ0) is 16.3. The van der Waals surface area contributed by atoms with Crippen molar-refractivity contribution in [2.24, 2.45) is 0 Å². The van der Waals surface area contributed by atoms with Gasteiger partial charge in [0.05, 0.1) is 5.56 Å². The van der Waals surface area contributed by atoms with E-state index in [9.17, 15) is 23.1 Å². The summed E-state index contributed by atoms with van der Waals surface area (Å²) < 4.78 is 37.3. The van der Waals surface area contributed by atoms with Crippen molar-refractivity contribution >= 4 is 11.9 Å². The average Bonchev–Trinajstić information content (AvgIpc) is 2.47. The molecular formula is C17H13F3O2. The molecule has 0 bridgehead atoms. The fourth-order valence-corrected chi connectivity index (χ4v) is 1.87. The molecule has 114 valence electrons. The predicted molar refractivity (Wildman–Crippen MR) is 77.7 cm³/mol. The highest BCUT2D eigenvalue weighted by Crippen LogP contribution is 2.29. The van der Waals surface area contributed by atoms with Crippen LogP contribution in [-0.2, 0) is 6.18 Å². The number of aryl methyl sites for hydroxylation is 1. The number of carbonyl (C=O) groups excluding carboxylic acids is 1. The van der Waals surface area contributed by atoms with Gasteiger partial charge in [0, 0.05) is 5.56 Å². The third kappa shape index (κ3) is 3.75. The lowest BCUT2D eigenvalue weighted by Crippen LogP contribution is -2.05. The molecule has 0 saturated heterocycles. The summed E-state index contributed by atoms with van der Waals surface area (Å²) >= 11 is 0. The third-order valence-electron chi connectivity index (χ3n) is 3.14. The number of phenols is 1. The monoisotopic (exact) mass is 306 g/mol. The van der Waals surface area contributed by atoms with Crippen LogP contribution in [0.5, 0.6) is 5.75 Å². The Labute approximate surface area is 125 Å². The minimum Gasteiger partial charge on any atom is -0.508 e. The van der Waals surface area contributed by atoms with Gasteiger partial charge in [-0.15, -0.1) is 0 Å². The summed E-state index contributed by atoms with van der Waals surface area (Å²) in [5.74, 6) is -0.231. The van der Waals surface area contributed by atoms with Crippen molar-refractivity contribution in [3.05, 3.63) is 70.8 Å². The van der Waals surface area contributed by atoms with E-state index in [-0.39, 0.29) is 17.1 Å². The van der Waals surface area contributed by atoms with Gasteiger partial charge in [-0.25, -0.2) is 0 Å². The van der Waals surface area contributed by atoms with Crippen molar-refractivity contribution in [1.82, 2.24) is 0 Å². The standard InChI is InChI=1S/C17H13F3O2/c1-11-10-12(2-8-15(11)21)3-9-16(22)13-4-6-14(7-5-13)17(18,19)20/h2-10,21H,1H3/b9-3+. The molecule has 0 heterocycles. The zero-order valence-electron chi connectivity index (χ0n) is 11.7. The molecule has 0 unspecified atom stereocenters. The summed E-state index contributed by atoms with van der Waals surface area (Å²) in [6.45, 7) is 1.73. The van der Waals surface area contributed by atoms with Gasteiger partial charge in [-0.3, -0.25) is 4.79 Å². The lowest BCUT2D eigenvalue weighted by Gasteiger charge is -2.06. The van der Waals surface area contributed by atoms with Crippen molar-refractivity contribution in [3.63, 3.8) is 0 Å². The Morgan fingerprint density at radius 3 is 2.27 bits per heavy atom. The second-order valence-electron chi connectivity index (χ2n) is 4.82. The van der Waals surface area contributed by atoms with Gasteiger partial charge in [0.2, 0.25) is 0 Å². The molecule has 0 aliphatic rings. The highest BCUT2D eigenvalue weighted by Gasteiger charge is 2.30. The number of allylic oxidation sites excluding steroid dienone is 1. The molecule has 0 amide bonds. The van der Waals surface area contributed by atoms with E-state index in [4.69, 9.17) is 0 Å². The van der Waals surface area contributed by atoms with Crippen LogP contribution in [-0.4, -0.2) is 10.9 Å². The van der Waals surface area contributed by atoms with E-state index in [2.05, 4.69) is 0 Å². The maximum Gasteiger partial charge on any atom is 0.416 e. The van der Waals surface area contributed by atoms with Gasteiger partial charge in [0.15, 0.2) is 5.78 Å². The first-order chi connectivity index (χ1) is 10.3. The SMILES string of the molecule is Cc1cc(/C=C/C(=O)c2ccc(C(F)(F)F)cc2)ccc1O. The van der Waals surface area contributed by atoms with Crippen LogP contribution in [0, 0.1) is 6.92 Å². The van der Waals surface area contributed by atoms with Crippen LogP contribution in [0.15, 0.2) is 48.5 Å². The Kier molecular flexibility index (Phi) is 4.35.